The molecule has 0 spiro atoms. The van der Waals surface area contributed by atoms with E-state index in [0.717, 1.165) is 186 Å². The molecule has 0 aliphatic rings. The second-order valence-corrected chi connectivity index (χ2v) is 26.9. The van der Waals surface area contributed by atoms with Crippen molar-refractivity contribution in [2.24, 2.45) is 0 Å². The van der Waals surface area contributed by atoms with Crippen molar-refractivity contribution < 1.29 is 75.8 Å². The monoisotopic (exact) mass is 1420 g/mol. The van der Waals surface area contributed by atoms with Gasteiger partial charge in [-0.05, 0) is 148 Å². The Hall–Kier alpha value is -5.35. The third kappa shape index (κ3) is 73.7. The first-order valence-electron chi connectivity index (χ1n) is 37.1. The smallest absolute Gasteiger partial charge is 0.463 e. The zero-order valence-electron chi connectivity index (χ0n) is 60.8. The molecule has 0 fully saturated rings. The number of phosphoric acid groups is 2. The van der Waals surface area contributed by atoms with Crippen molar-refractivity contribution in [3.05, 3.63) is 182 Å². The summed E-state index contributed by atoms with van der Waals surface area (Å²) < 4.78 is 61.0. The third-order valence-electron chi connectivity index (χ3n) is 14.6. The number of carbonyl (C=O) groups excluding carboxylic acids is 3. The summed E-state index contributed by atoms with van der Waals surface area (Å²) in [6, 6.07) is 0. The van der Waals surface area contributed by atoms with Crippen LogP contribution in [0.15, 0.2) is 182 Å². The Morgan fingerprint density at radius 3 is 0.828 bits per heavy atom. The topological polar surface area (TPSA) is 231 Å². The number of aliphatic hydroxyl groups excluding tert-OH is 2. The minimum Gasteiger partial charge on any atom is -0.463 e. The summed E-state index contributed by atoms with van der Waals surface area (Å²) in [5.41, 5.74) is 0. The van der Waals surface area contributed by atoms with Crippen LogP contribution in [0.1, 0.15) is 252 Å². The number of ether oxygens (including phenoxy) is 3. The van der Waals surface area contributed by atoms with Crippen LogP contribution in [0.5, 0.6) is 0 Å². The summed E-state index contributed by atoms with van der Waals surface area (Å²) in [5, 5.41) is 20.6. The standard InChI is InChI=1S/C81H130O16P2/c1-4-7-10-13-16-19-22-25-28-31-33-35-37-39-41-44-46-49-52-55-58-61-64-67-79(84)91-70-76(82)71-93-98(87,88)94-72-77(83)73-95-99(89,90)96-75-78(97-81(86)69-66-63-60-57-54-51-48-43-30-27-24-21-18-15-12-9-6-3)74-92-80(85)68-65-62-59-56-53-50-47-45-42-40-38-36-34-32-29-26-23-20-17-14-11-8-5-2/h7-12,16-21,25-30,33-36,39-42,48,51,57,60,76-78,82-83H,4-6,13-15,22-24,31-32,37-38,43-47,49-50,52-56,58-59,61-75H2,1-3H3,(H,87,88)(H,89,90)/b10-7-,11-8-,12-9-,19-16-,20-17-,21-18-,28-25-,29-26-,30-27-,35-33-,36-34-,41-39-,42-40-,51-48-,60-57-. The molecule has 0 aromatic carbocycles. The molecule has 0 saturated heterocycles. The van der Waals surface area contributed by atoms with E-state index in [1.165, 1.54) is 0 Å². The lowest BCUT2D eigenvalue weighted by atomic mass is 10.1. The Morgan fingerprint density at radius 1 is 0.283 bits per heavy atom. The van der Waals surface area contributed by atoms with Crippen molar-refractivity contribution in [1.82, 2.24) is 0 Å². The van der Waals surface area contributed by atoms with E-state index in [9.17, 15) is 43.5 Å². The molecule has 0 aromatic rings. The quantitative estimate of drug-likeness (QED) is 0.0146. The molecule has 0 aliphatic heterocycles. The van der Waals surface area contributed by atoms with Crippen LogP contribution in [0.3, 0.4) is 0 Å². The Kier molecular flexibility index (Phi) is 68.5. The van der Waals surface area contributed by atoms with Gasteiger partial charge in [0.2, 0.25) is 0 Å². The van der Waals surface area contributed by atoms with E-state index in [1.807, 2.05) is 12.2 Å². The maximum absolute atomic E-state index is 12.9. The van der Waals surface area contributed by atoms with Crippen molar-refractivity contribution in [3.63, 3.8) is 0 Å². The number of hydrogen-bond donors (Lipinski definition) is 4. The van der Waals surface area contributed by atoms with Gasteiger partial charge in [0.1, 0.15) is 25.4 Å². The van der Waals surface area contributed by atoms with Gasteiger partial charge in [0.05, 0.1) is 26.4 Å². The van der Waals surface area contributed by atoms with Gasteiger partial charge in [-0.2, -0.15) is 0 Å². The Labute approximate surface area is 598 Å². The average molecular weight is 1420 g/mol. The van der Waals surface area contributed by atoms with Crippen LogP contribution in [0.4, 0.5) is 0 Å². The van der Waals surface area contributed by atoms with E-state index in [2.05, 4.69) is 191 Å². The van der Waals surface area contributed by atoms with Gasteiger partial charge in [0.15, 0.2) is 6.10 Å². The number of allylic oxidation sites excluding steroid dienone is 30. The highest BCUT2D eigenvalue weighted by atomic mass is 31.2. The van der Waals surface area contributed by atoms with E-state index in [1.54, 1.807) is 0 Å². The van der Waals surface area contributed by atoms with Crippen LogP contribution >= 0.6 is 15.6 Å². The predicted molar refractivity (Wildman–Crippen MR) is 408 cm³/mol. The van der Waals surface area contributed by atoms with E-state index >= 15 is 0 Å². The van der Waals surface area contributed by atoms with Crippen molar-refractivity contribution in [2.75, 3.05) is 39.6 Å². The molecule has 0 amide bonds. The summed E-state index contributed by atoms with van der Waals surface area (Å²) in [6.07, 6.45) is 92.3. The summed E-state index contributed by atoms with van der Waals surface area (Å²) in [5.74, 6) is -1.68. The molecule has 99 heavy (non-hydrogen) atoms. The first kappa shape index (κ1) is 93.6. The molecule has 0 saturated carbocycles. The number of unbranched alkanes of at least 4 members (excludes halogenated alkanes) is 15. The van der Waals surface area contributed by atoms with Crippen LogP contribution in [-0.2, 0) is 55.8 Å². The molecule has 16 nitrogen and oxygen atoms in total. The fourth-order valence-electron chi connectivity index (χ4n) is 9.07. The maximum atomic E-state index is 12.9. The summed E-state index contributed by atoms with van der Waals surface area (Å²) in [4.78, 5) is 58.6. The van der Waals surface area contributed by atoms with Gasteiger partial charge in [0, 0.05) is 19.3 Å². The molecule has 4 N–H and O–H groups in total. The Morgan fingerprint density at radius 2 is 0.515 bits per heavy atom. The van der Waals surface area contributed by atoms with Crippen LogP contribution in [0.2, 0.25) is 0 Å². The molecule has 0 aliphatic carbocycles. The van der Waals surface area contributed by atoms with Crippen molar-refractivity contribution in [1.29, 1.82) is 0 Å². The Balaban J connectivity index is 4.75. The molecule has 560 valence electrons. The maximum Gasteiger partial charge on any atom is 0.472 e. The zero-order chi connectivity index (χ0) is 72.3. The molecular formula is C81H130O16P2. The summed E-state index contributed by atoms with van der Waals surface area (Å²) in [7, 11) is -9.83. The SMILES string of the molecule is CC/C=C\C/C=C\C/C=C\C/C=C\C/C=C\CCCCCCCCCC(=O)OCC(O)COP(=O)(O)OCC(O)COP(=O)(O)OCC(COC(=O)CCCCCCCCC/C=C\C/C=C\C/C=C\C/C=C\C/C=C\CC)OC(=O)CCC/C=C\C/C=C\C/C=C\C/C=C\C/C=C\CC. The lowest BCUT2D eigenvalue weighted by Gasteiger charge is -2.21. The van der Waals surface area contributed by atoms with Crippen LogP contribution in [0.25, 0.3) is 0 Å². The summed E-state index contributed by atoms with van der Waals surface area (Å²) >= 11 is 0. The molecule has 0 rings (SSSR count). The average Bonchev–Trinajstić information content (AvgIpc) is 2.19. The number of esters is 3. The van der Waals surface area contributed by atoms with Crippen molar-refractivity contribution in [2.45, 2.75) is 270 Å². The van der Waals surface area contributed by atoms with Gasteiger partial charge in [-0.25, -0.2) is 9.13 Å². The first-order chi connectivity index (χ1) is 48.2. The van der Waals surface area contributed by atoms with E-state index in [-0.39, 0.29) is 19.3 Å². The Bertz CT molecular complexity index is 2530. The first-order valence-corrected chi connectivity index (χ1v) is 40.1. The molecule has 5 atom stereocenters. The largest absolute Gasteiger partial charge is 0.472 e. The second-order valence-electron chi connectivity index (χ2n) is 23.9. The van der Waals surface area contributed by atoms with Gasteiger partial charge in [0.25, 0.3) is 0 Å². The van der Waals surface area contributed by atoms with Crippen molar-refractivity contribution in [3.8, 4) is 0 Å². The van der Waals surface area contributed by atoms with Crippen LogP contribution in [0, 0.1) is 0 Å². The van der Waals surface area contributed by atoms with Crippen LogP contribution < -0.4 is 0 Å². The van der Waals surface area contributed by atoms with Gasteiger partial charge < -0.3 is 34.2 Å². The highest BCUT2D eigenvalue weighted by Gasteiger charge is 2.29. The molecule has 0 aromatic heterocycles. The van der Waals surface area contributed by atoms with Gasteiger partial charge in [-0.1, -0.05) is 267 Å². The molecular weight excluding hydrogens is 1290 g/mol. The number of aliphatic hydroxyl groups is 2. The number of carbonyl (C=O) groups is 3. The number of hydrogen-bond acceptors (Lipinski definition) is 14. The second kappa shape index (κ2) is 72.4. The van der Waals surface area contributed by atoms with Gasteiger partial charge >= 0.3 is 33.6 Å². The molecule has 0 bridgehead atoms. The predicted octanol–water partition coefficient (Wildman–Crippen LogP) is 21.4. The van der Waals surface area contributed by atoms with E-state index < -0.39 is 91.5 Å². The van der Waals surface area contributed by atoms with Crippen molar-refractivity contribution >= 4 is 33.6 Å². The fraction of sp³-hybridized carbons (Fsp3) is 0.593. The highest BCUT2D eigenvalue weighted by Crippen LogP contribution is 2.45. The van der Waals surface area contributed by atoms with Gasteiger partial charge in [-0.15, -0.1) is 0 Å². The number of rotatable bonds is 68. The third-order valence-corrected chi connectivity index (χ3v) is 16.5. The minimum absolute atomic E-state index is 0.0159. The molecule has 0 radical (unpaired) electrons. The lowest BCUT2D eigenvalue weighted by Crippen LogP contribution is -2.30. The van der Waals surface area contributed by atoms with E-state index in [0.29, 0.717) is 25.7 Å². The highest BCUT2D eigenvalue weighted by molar-refractivity contribution is 7.47. The molecule has 0 heterocycles. The van der Waals surface area contributed by atoms with Crippen LogP contribution in [-0.4, -0.2) is 95.9 Å². The summed E-state index contributed by atoms with van der Waals surface area (Å²) in [6.45, 7) is 2.21. The van der Waals surface area contributed by atoms with E-state index in [4.69, 9.17) is 32.3 Å². The normalized spacial score (nSPS) is 15.1. The number of phosphoric ester groups is 2. The zero-order valence-corrected chi connectivity index (χ0v) is 62.6. The minimum atomic E-state index is -4.96. The lowest BCUT2D eigenvalue weighted by molar-refractivity contribution is -0.161. The molecule has 5 unspecified atom stereocenters. The fourth-order valence-corrected chi connectivity index (χ4v) is 10.7. The van der Waals surface area contributed by atoms with Gasteiger partial charge in [-0.3, -0.25) is 32.5 Å². The molecule has 18 heteroatoms.